The summed E-state index contributed by atoms with van der Waals surface area (Å²) in [4.78, 5) is 39.1. The van der Waals surface area contributed by atoms with Crippen molar-refractivity contribution in [2.24, 2.45) is 11.0 Å². The van der Waals surface area contributed by atoms with Gasteiger partial charge in [0.15, 0.2) is 17.5 Å². The number of aliphatic carboxylic acids is 2. The molecule has 1 amide bonds. The summed E-state index contributed by atoms with van der Waals surface area (Å²) in [5, 5.41) is 27.8. The predicted octanol–water partition coefficient (Wildman–Crippen LogP) is 4.06. The van der Waals surface area contributed by atoms with Crippen LogP contribution >= 0.6 is 0 Å². The molecule has 4 rings (SSSR count). The summed E-state index contributed by atoms with van der Waals surface area (Å²) in [6.07, 6.45) is -1.91. The van der Waals surface area contributed by atoms with Gasteiger partial charge in [0.25, 0.3) is 0 Å². The van der Waals surface area contributed by atoms with Crippen LogP contribution in [0, 0.1) is 0 Å². The van der Waals surface area contributed by atoms with E-state index >= 15 is 0 Å². The number of nitrogens with one attached hydrogen (secondary N) is 1. The molecule has 1 aromatic heterocycles. The molecule has 50 heavy (non-hydrogen) atoms. The number of primary sulfonamides is 1. The fraction of sp³-hybridized carbons (Fsp3) is 0.250. The van der Waals surface area contributed by atoms with Crippen molar-refractivity contribution in [2.45, 2.75) is 50.0 Å². The molecule has 0 saturated carbocycles. The number of hydrogen-bond donors (Lipinski definition) is 5. The minimum atomic E-state index is -5.08. The molecule has 0 fully saturated rings. The van der Waals surface area contributed by atoms with Gasteiger partial charge in [0.2, 0.25) is 15.9 Å². The quantitative estimate of drug-likeness (QED) is 0.103. The van der Waals surface area contributed by atoms with Crippen molar-refractivity contribution >= 4 is 44.3 Å². The number of carboxylic acids is 2. The zero-order valence-corrected chi connectivity index (χ0v) is 27.6. The molecule has 2 unspecified atom stereocenters. The molecule has 14 nitrogen and oxygen atoms in total. The average molecular weight is 722 g/mol. The highest BCUT2D eigenvalue weighted by Gasteiger charge is 2.38. The number of alkyl halides is 3. The van der Waals surface area contributed by atoms with E-state index in [0.29, 0.717) is 29.4 Å². The first-order chi connectivity index (χ1) is 23.3. The summed E-state index contributed by atoms with van der Waals surface area (Å²) < 4.78 is 67.2. The van der Waals surface area contributed by atoms with Crippen molar-refractivity contribution in [1.82, 2.24) is 10.3 Å². The van der Waals surface area contributed by atoms with Crippen LogP contribution in [0.4, 0.5) is 18.9 Å². The number of pyridine rings is 1. The van der Waals surface area contributed by atoms with Crippen molar-refractivity contribution in [3.8, 4) is 11.5 Å². The van der Waals surface area contributed by atoms with Gasteiger partial charge in [-0.1, -0.05) is 24.3 Å². The molecule has 0 bridgehead atoms. The average Bonchev–Trinajstić information content (AvgIpc) is 3.04. The number of nitrogens with two attached hydrogens (primary N) is 2. The molecule has 2 atom stereocenters. The van der Waals surface area contributed by atoms with Crippen LogP contribution in [0.25, 0.3) is 10.8 Å². The Balaban J connectivity index is 0.000000872. The summed E-state index contributed by atoms with van der Waals surface area (Å²) in [5.74, 6) is 2.51. The van der Waals surface area contributed by atoms with Crippen LogP contribution < -0.4 is 30.8 Å². The van der Waals surface area contributed by atoms with Gasteiger partial charge in [-0.25, -0.2) is 29.0 Å². The van der Waals surface area contributed by atoms with Gasteiger partial charge in [-0.05, 0) is 79.7 Å². The lowest BCUT2D eigenvalue weighted by Gasteiger charge is -2.30. The first kappa shape index (κ1) is 39.0. The summed E-state index contributed by atoms with van der Waals surface area (Å²) in [5.41, 5.74) is 0.850. The highest BCUT2D eigenvalue weighted by Crippen LogP contribution is 2.35. The molecule has 0 saturated heterocycles. The summed E-state index contributed by atoms with van der Waals surface area (Å²) >= 11 is 0. The molecule has 18 heteroatoms. The van der Waals surface area contributed by atoms with Crippen LogP contribution in [0.15, 0.2) is 84.0 Å². The molecule has 0 aliphatic carbocycles. The van der Waals surface area contributed by atoms with Gasteiger partial charge < -0.3 is 25.0 Å². The summed E-state index contributed by atoms with van der Waals surface area (Å²) in [6.45, 7) is 5.87. The number of carbonyl (C=O) groups is 3. The lowest BCUT2D eigenvalue weighted by Crippen LogP contribution is -2.46. The van der Waals surface area contributed by atoms with Crippen LogP contribution in [-0.2, 0) is 24.4 Å². The predicted molar refractivity (Wildman–Crippen MR) is 175 cm³/mol. The Labute approximate surface area is 284 Å². The number of anilines is 1. The van der Waals surface area contributed by atoms with Crippen molar-refractivity contribution < 1.29 is 55.7 Å². The standard InChI is InChI=1S/C30H33N5O7S.C2HF3O2/c1-4-41-26-16-21(9-11-25(26)42-18(2)3)28(35(31)23-10-8-22-17-33-13-12-19(22)14-23)29(36)34-27(30(37)38)20-6-5-7-24(15-20)43(32,39)40;3-2(4,5)1(6)7/h5-18,27-28H,4,31H2,1-3H3,(H,34,36)(H,37,38)(H2,32,39,40);(H,6,7). The number of nitrogens with zero attached hydrogens (tertiary/aromatic N) is 2. The molecule has 7 N–H and O–H groups in total. The third kappa shape index (κ3) is 10.3. The van der Waals surface area contributed by atoms with E-state index < -0.39 is 46.1 Å². The lowest BCUT2D eigenvalue weighted by molar-refractivity contribution is -0.192. The first-order valence-electron chi connectivity index (χ1n) is 14.6. The molecule has 0 aliphatic heterocycles. The number of hydrogen-bond acceptors (Lipinski definition) is 10. The zero-order valence-electron chi connectivity index (χ0n) is 26.8. The maximum absolute atomic E-state index is 14.0. The van der Waals surface area contributed by atoms with Gasteiger partial charge in [0, 0.05) is 17.8 Å². The number of ether oxygens (including phenoxy) is 2. The molecule has 1 heterocycles. The zero-order chi connectivity index (χ0) is 37.4. The number of benzene rings is 3. The number of hydrazine groups is 1. The smallest absolute Gasteiger partial charge is 0.490 e. The van der Waals surface area contributed by atoms with Crippen molar-refractivity contribution in [3.05, 3.63) is 90.3 Å². The van der Waals surface area contributed by atoms with E-state index in [4.69, 9.17) is 30.4 Å². The minimum absolute atomic E-state index is 0.00332. The van der Waals surface area contributed by atoms with Crippen molar-refractivity contribution in [3.63, 3.8) is 0 Å². The Kier molecular flexibility index (Phi) is 12.7. The summed E-state index contributed by atoms with van der Waals surface area (Å²) in [6, 6.07) is 14.2. The lowest BCUT2D eigenvalue weighted by atomic mass is 10.0. The largest absolute Gasteiger partial charge is 0.490 e. The number of rotatable bonds is 12. The monoisotopic (exact) mass is 721 g/mol. The van der Waals surface area contributed by atoms with Gasteiger partial charge >= 0.3 is 18.1 Å². The first-order valence-corrected chi connectivity index (χ1v) is 16.1. The van der Waals surface area contributed by atoms with Gasteiger partial charge in [-0.3, -0.25) is 14.8 Å². The molecule has 0 aliphatic rings. The second kappa shape index (κ2) is 16.3. The number of amides is 1. The molecular formula is C32H34F3N5O9S. The highest BCUT2D eigenvalue weighted by atomic mass is 32.2. The third-order valence-electron chi connectivity index (χ3n) is 6.69. The molecular weight excluding hydrogens is 687 g/mol. The maximum atomic E-state index is 14.0. The highest BCUT2D eigenvalue weighted by molar-refractivity contribution is 7.89. The Hall–Kier alpha value is -5.46. The number of sulfonamides is 1. The maximum Gasteiger partial charge on any atom is 0.490 e. The van der Waals surface area contributed by atoms with E-state index in [0.717, 1.165) is 16.8 Å². The number of carbonyl (C=O) groups excluding carboxylic acids is 1. The Bertz CT molecular complexity index is 1960. The van der Waals surface area contributed by atoms with Crippen molar-refractivity contribution in [2.75, 3.05) is 11.6 Å². The van der Waals surface area contributed by atoms with Gasteiger partial charge in [0.05, 0.1) is 23.3 Å². The SMILES string of the molecule is CCOc1cc(C(C(=O)NC(C(=O)O)c2cccc(S(N)(=O)=O)c2)N(N)c2ccc3cnccc3c2)ccc1OC(C)C.O=C(O)C(F)(F)F. The van der Waals surface area contributed by atoms with E-state index in [1.165, 1.54) is 23.2 Å². The van der Waals surface area contributed by atoms with Crippen LogP contribution in [0.5, 0.6) is 11.5 Å². The van der Waals surface area contributed by atoms with E-state index in [-0.39, 0.29) is 16.6 Å². The van der Waals surface area contributed by atoms with E-state index in [1.807, 2.05) is 20.8 Å². The van der Waals surface area contributed by atoms with Gasteiger partial charge in [-0.15, -0.1) is 0 Å². The van der Waals surface area contributed by atoms with Crippen LogP contribution in [0.3, 0.4) is 0 Å². The van der Waals surface area contributed by atoms with Crippen molar-refractivity contribution in [1.29, 1.82) is 0 Å². The fourth-order valence-electron chi connectivity index (χ4n) is 4.51. The van der Waals surface area contributed by atoms with E-state index in [1.54, 1.807) is 54.9 Å². The van der Waals surface area contributed by atoms with E-state index in [2.05, 4.69) is 10.3 Å². The molecule has 0 radical (unpaired) electrons. The summed E-state index contributed by atoms with van der Waals surface area (Å²) in [7, 11) is -4.13. The second-order valence-corrected chi connectivity index (χ2v) is 12.3. The number of aromatic nitrogens is 1. The minimum Gasteiger partial charge on any atom is -0.490 e. The normalized spacial score (nSPS) is 12.7. The molecule has 0 spiro atoms. The fourth-order valence-corrected chi connectivity index (χ4v) is 5.08. The van der Waals surface area contributed by atoms with Crippen LogP contribution in [0.1, 0.15) is 44.0 Å². The second-order valence-electron chi connectivity index (χ2n) is 10.7. The molecule has 268 valence electrons. The number of halogens is 3. The Morgan fingerprint density at radius 2 is 1.64 bits per heavy atom. The number of fused-ring (bicyclic) bond motifs is 1. The van der Waals surface area contributed by atoms with Gasteiger partial charge in [-0.2, -0.15) is 13.2 Å². The van der Waals surface area contributed by atoms with Gasteiger partial charge in [0.1, 0.15) is 6.04 Å². The van der Waals surface area contributed by atoms with E-state index in [9.17, 15) is 36.3 Å². The number of carboxylic acid groups (broad SMARTS) is 2. The van der Waals surface area contributed by atoms with Crippen LogP contribution in [-0.4, -0.2) is 60.3 Å². The third-order valence-corrected chi connectivity index (χ3v) is 7.60. The molecule has 4 aromatic rings. The Morgan fingerprint density at radius 3 is 2.22 bits per heavy atom. The topological polar surface area (TPSA) is 224 Å². The Morgan fingerprint density at radius 1 is 0.960 bits per heavy atom. The van der Waals surface area contributed by atoms with Crippen LogP contribution in [0.2, 0.25) is 0 Å². The molecule has 3 aromatic carbocycles.